The topological polar surface area (TPSA) is 0 Å². The molecular weight excluding hydrogens is 144 g/mol. The van der Waals surface area contributed by atoms with E-state index in [4.69, 9.17) is 6.42 Å². The van der Waals surface area contributed by atoms with Crippen molar-refractivity contribution in [3.8, 4) is 12.3 Å². The van der Waals surface area contributed by atoms with Crippen LogP contribution in [0.4, 0.5) is 0 Å². The van der Waals surface area contributed by atoms with Crippen LogP contribution in [0.25, 0.3) is 0 Å². The molecule has 0 N–H and O–H groups in total. The second kappa shape index (κ2) is 2.66. The summed E-state index contributed by atoms with van der Waals surface area (Å²) in [7, 11) is 0. The van der Waals surface area contributed by atoms with Gasteiger partial charge in [0.05, 0.1) is 0 Å². The van der Waals surface area contributed by atoms with Crippen LogP contribution in [-0.2, 0) is 0 Å². The number of rotatable bonds is 0. The first-order chi connectivity index (χ1) is 5.37. The van der Waals surface area contributed by atoms with Crippen molar-refractivity contribution in [1.29, 1.82) is 0 Å². The monoisotopic (exact) mass is 162 g/mol. The molecule has 0 heteroatoms. The zero-order valence-electron chi connectivity index (χ0n) is 8.57. The van der Waals surface area contributed by atoms with Gasteiger partial charge in [0.1, 0.15) is 0 Å². The Morgan fingerprint density at radius 2 is 1.83 bits per heavy atom. The van der Waals surface area contributed by atoms with Gasteiger partial charge < -0.3 is 0 Å². The molecule has 1 aliphatic carbocycles. The van der Waals surface area contributed by atoms with Crippen LogP contribution < -0.4 is 0 Å². The Balaban J connectivity index is 3.03. The van der Waals surface area contributed by atoms with Crippen molar-refractivity contribution in [3.05, 3.63) is 11.6 Å². The largest absolute Gasteiger partial charge is 0.115 e. The molecule has 12 heavy (non-hydrogen) atoms. The summed E-state index contributed by atoms with van der Waals surface area (Å²) >= 11 is 0. The molecular formula is C12H18. The van der Waals surface area contributed by atoms with Gasteiger partial charge in [-0.2, -0.15) is 0 Å². The van der Waals surface area contributed by atoms with Gasteiger partial charge in [-0.05, 0) is 23.7 Å². The Hall–Kier alpha value is -0.700. The highest BCUT2D eigenvalue weighted by Crippen LogP contribution is 2.43. The molecule has 66 valence electrons. The molecule has 0 aromatic rings. The van der Waals surface area contributed by atoms with Crippen LogP contribution in [0.15, 0.2) is 11.6 Å². The molecule has 0 aromatic heterocycles. The van der Waals surface area contributed by atoms with Gasteiger partial charge in [0.25, 0.3) is 0 Å². The average molecular weight is 162 g/mol. The Morgan fingerprint density at radius 3 is 2.25 bits per heavy atom. The van der Waals surface area contributed by atoms with Gasteiger partial charge in [0, 0.05) is 5.57 Å². The van der Waals surface area contributed by atoms with Crippen LogP contribution in [-0.4, -0.2) is 0 Å². The van der Waals surface area contributed by atoms with E-state index in [1.54, 1.807) is 0 Å². The highest BCUT2D eigenvalue weighted by Gasteiger charge is 2.31. The summed E-state index contributed by atoms with van der Waals surface area (Å²) in [6, 6.07) is 0. The van der Waals surface area contributed by atoms with Crippen LogP contribution in [0.3, 0.4) is 0 Å². The molecule has 0 bridgehead atoms. The van der Waals surface area contributed by atoms with E-state index in [2.05, 4.69) is 39.7 Å². The molecule has 1 rings (SSSR count). The summed E-state index contributed by atoms with van der Waals surface area (Å²) in [4.78, 5) is 0. The van der Waals surface area contributed by atoms with E-state index >= 15 is 0 Å². The van der Waals surface area contributed by atoms with E-state index in [-0.39, 0.29) is 5.41 Å². The van der Waals surface area contributed by atoms with E-state index in [9.17, 15) is 0 Å². The first-order valence-electron chi connectivity index (χ1n) is 4.57. The Kier molecular flexibility index (Phi) is 2.08. The van der Waals surface area contributed by atoms with E-state index in [1.165, 1.54) is 18.4 Å². The van der Waals surface area contributed by atoms with Crippen LogP contribution in [0.2, 0.25) is 0 Å². The van der Waals surface area contributed by atoms with Crippen molar-refractivity contribution in [2.45, 2.75) is 40.5 Å². The minimum absolute atomic E-state index is 0.226. The van der Waals surface area contributed by atoms with Crippen LogP contribution in [0.1, 0.15) is 40.5 Å². The summed E-state index contributed by atoms with van der Waals surface area (Å²) in [6.07, 6.45) is 10.2. The fourth-order valence-corrected chi connectivity index (χ4v) is 1.66. The van der Waals surface area contributed by atoms with E-state index in [1.807, 2.05) is 0 Å². The van der Waals surface area contributed by atoms with E-state index in [0.717, 1.165) is 0 Å². The number of terminal acetylenes is 1. The molecule has 0 atom stereocenters. The maximum Gasteiger partial charge on any atom is 0.00395 e. The molecule has 0 amide bonds. The van der Waals surface area contributed by atoms with Gasteiger partial charge in [-0.15, -0.1) is 6.42 Å². The maximum absolute atomic E-state index is 5.48. The van der Waals surface area contributed by atoms with Crippen molar-refractivity contribution in [3.63, 3.8) is 0 Å². The fraction of sp³-hybridized carbons (Fsp3) is 0.667. The van der Waals surface area contributed by atoms with Gasteiger partial charge in [0.15, 0.2) is 0 Å². The zero-order chi connectivity index (χ0) is 9.41. The van der Waals surface area contributed by atoms with Crippen molar-refractivity contribution >= 4 is 0 Å². The molecule has 0 saturated carbocycles. The summed E-state index contributed by atoms with van der Waals surface area (Å²) in [5.74, 6) is 2.81. The molecule has 0 aromatic carbocycles. The molecule has 0 unspecified atom stereocenters. The number of hydrogen-bond donors (Lipinski definition) is 0. The van der Waals surface area contributed by atoms with Gasteiger partial charge in [-0.25, -0.2) is 0 Å². The predicted molar refractivity (Wildman–Crippen MR) is 53.7 cm³/mol. The second-order valence-corrected chi connectivity index (χ2v) is 5.07. The lowest BCUT2D eigenvalue weighted by Gasteiger charge is -2.36. The van der Waals surface area contributed by atoms with Gasteiger partial charge >= 0.3 is 0 Å². The Labute approximate surface area is 76.1 Å². The maximum atomic E-state index is 5.48. The summed E-state index contributed by atoms with van der Waals surface area (Å²) in [6.45, 7) is 8.96. The number of allylic oxidation sites excluding steroid dienone is 2. The first-order valence-corrected chi connectivity index (χ1v) is 4.57. The van der Waals surface area contributed by atoms with Crippen molar-refractivity contribution in [1.82, 2.24) is 0 Å². The second-order valence-electron chi connectivity index (χ2n) is 5.07. The lowest BCUT2D eigenvalue weighted by Crippen LogP contribution is -2.25. The average Bonchev–Trinajstić information content (AvgIpc) is 1.95. The summed E-state index contributed by atoms with van der Waals surface area (Å²) in [5, 5.41) is 0. The van der Waals surface area contributed by atoms with E-state index in [0.29, 0.717) is 5.41 Å². The molecule has 0 nitrogen and oxygen atoms in total. The summed E-state index contributed by atoms with van der Waals surface area (Å²) in [5.41, 5.74) is 1.71. The Bertz CT molecular complexity index is 246. The predicted octanol–water partition coefficient (Wildman–Crippen LogP) is 3.39. The van der Waals surface area contributed by atoms with Crippen LogP contribution >= 0.6 is 0 Å². The molecule has 1 aliphatic rings. The fourth-order valence-electron chi connectivity index (χ4n) is 1.66. The third kappa shape index (κ3) is 1.72. The van der Waals surface area contributed by atoms with Gasteiger partial charge in [0.2, 0.25) is 0 Å². The Morgan fingerprint density at radius 1 is 1.25 bits per heavy atom. The van der Waals surface area contributed by atoms with Crippen LogP contribution in [0.5, 0.6) is 0 Å². The summed E-state index contributed by atoms with van der Waals surface area (Å²) < 4.78 is 0. The smallest absolute Gasteiger partial charge is 0.00395 e. The third-order valence-corrected chi connectivity index (χ3v) is 2.81. The highest BCUT2D eigenvalue weighted by atomic mass is 14.4. The standard InChI is InChI=1S/C12H18/c1-6-10-9-11(2,3)7-8-12(10,4)5/h1,9H,7-8H2,2-5H3. The van der Waals surface area contributed by atoms with Crippen molar-refractivity contribution in [2.75, 3.05) is 0 Å². The van der Waals surface area contributed by atoms with E-state index < -0.39 is 0 Å². The minimum Gasteiger partial charge on any atom is -0.115 e. The molecule has 0 spiro atoms. The third-order valence-electron chi connectivity index (χ3n) is 2.81. The molecule has 0 heterocycles. The van der Waals surface area contributed by atoms with Crippen molar-refractivity contribution < 1.29 is 0 Å². The normalized spacial score (nSPS) is 25.8. The van der Waals surface area contributed by atoms with Crippen LogP contribution in [0, 0.1) is 23.2 Å². The zero-order valence-corrected chi connectivity index (χ0v) is 8.57. The van der Waals surface area contributed by atoms with Gasteiger partial charge in [-0.3, -0.25) is 0 Å². The molecule has 0 saturated heterocycles. The lowest BCUT2D eigenvalue weighted by atomic mass is 9.68. The molecule has 0 fully saturated rings. The molecule has 0 radical (unpaired) electrons. The lowest BCUT2D eigenvalue weighted by molar-refractivity contribution is 0.288. The first kappa shape index (κ1) is 9.39. The highest BCUT2D eigenvalue weighted by molar-refractivity contribution is 5.34. The molecule has 0 aliphatic heterocycles. The van der Waals surface area contributed by atoms with Crippen molar-refractivity contribution in [2.24, 2.45) is 10.8 Å². The SMILES string of the molecule is C#CC1=CC(C)(C)CCC1(C)C. The minimum atomic E-state index is 0.226. The van der Waals surface area contributed by atoms with Gasteiger partial charge in [-0.1, -0.05) is 39.7 Å². The quantitative estimate of drug-likeness (QED) is 0.479. The number of hydrogen-bond acceptors (Lipinski definition) is 0.